The van der Waals surface area contributed by atoms with Crippen molar-refractivity contribution < 1.29 is 4.42 Å². The Bertz CT molecular complexity index is 3120. The van der Waals surface area contributed by atoms with Crippen LogP contribution in [-0.4, -0.2) is 19.1 Å². The van der Waals surface area contributed by atoms with Gasteiger partial charge >= 0.3 is 0 Å². The molecule has 4 heterocycles. The lowest BCUT2D eigenvalue weighted by atomic mass is 10.1. The molecule has 0 atom stereocenters. The Morgan fingerprint density at radius 3 is 1.63 bits per heavy atom. The molecule has 11 aromatic rings. The second-order valence-corrected chi connectivity index (χ2v) is 13.0. The van der Waals surface area contributed by atoms with Crippen LogP contribution in [0.2, 0.25) is 0 Å². The van der Waals surface area contributed by atoms with Gasteiger partial charge in [-0.15, -0.1) is 0 Å². The highest BCUT2D eigenvalue weighted by atomic mass is 16.3. The molecule has 0 fully saturated rings. The van der Waals surface area contributed by atoms with E-state index in [1.165, 1.54) is 27.1 Å². The van der Waals surface area contributed by atoms with E-state index in [9.17, 15) is 0 Å². The lowest BCUT2D eigenvalue weighted by Crippen LogP contribution is -1.99. The van der Waals surface area contributed by atoms with Gasteiger partial charge < -0.3 is 13.6 Å². The van der Waals surface area contributed by atoms with Crippen LogP contribution in [0.25, 0.3) is 99.7 Å². The highest BCUT2D eigenvalue weighted by Crippen LogP contribution is 2.44. The largest absolute Gasteiger partial charge is 0.450 e. The molecule has 7 aromatic carbocycles. The Labute approximate surface area is 292 Å². The summed E-state index contributed by atoms with van der Waals surface area (Å²) in [4.78, 5) is 10.3. The van der Waals surface area contributed by atoms with E-state index in [1.54, 1.807) is 0 Å². The average molecular weight is 653 g/mol. The van der Waals surface area contributed by atoms with Crippen molar-refractivity contribution in [1.82, 2.24) is 19.1 Å². The fourth-order valence-electron chi connectivity index (χ4n) is 7.93. The molecule has 4 aromatic heterocycles. The lowest BCUT2D eigenvalue weighted by Gasteiger charge is -2.12. The highest BCUT2D eigenvalue weighted by molar-refractivity contribution is 6.24. The molecule has 5 heteroatoms. The van der Waals surface area contributed by atoms with Crippen LogP contribution >= 0.6 is 0 Å². The quantitative estimate of drug-likeness (QED) is 0.190. The topological polar surface area (TPSA) is 48.8 Å². The van der Waals surface area contributed by atoms with Crippen LogP contribution in [0.15, 0.2) is 174 Å². The summed E-state index contributed by atoms with van der Waals surface area (Å²) in [5.74, 6) is 0.668. The van der Waals surface area contributed by atoms with Crippen LogP contribution in [0.1, 0.15) is 0 Å². The zero-order valence-electron chi connectivity index (χ0n) is 27.4. The Balaban J connectivity index is 1.31. The summed E-state index contributed by atoms with van der Waals surface area (Å²) in [7, 11) is 0. The molecule has 5 nitrogen and oxygen atoms in total. The molecular formula is C46H28N4O. The Hall–Kier alpha value is -6.98. The van der Waals surface area contributed by atoms with Crippen molar-refractivity contribution in [1.29, 1.82) is 0 Å². The van der Waals surface area contributed by atoms with Gasteiger partial charge in [0.2, 0.25) is 0 Å². The number of furan rings is 1. The molecule has 0 radical (unpaired) electrons. The van der Waals surface area contributed by atoms with E-state index < -0.39 is 0 Å². The van der Waals surface area contributed by atoms with Crippen molar-refractivity contribution in [3.8, 4) is 34.0 Å². The molecule has 0 bridgehead atoms. The monoisotopic (exact) mass is 652 g/mol. The Kier molecular flexibility index (Phi) is 5.89. The van der Waals surface area contributed by atoms with Crippen LogP contribution in [0, 0.1) is 0 Å². The fourth-order valence-corrected chi connectivity index (χ4v) is 7.93. The summed E-state index contributed by atoms with van der Waals surface area (Å²) >= 11 is 0. The van der Waals surface area contributed by atoms with Crippen LogP contribution < -0.4 is 0 Å². The van der Waals surface area contributed by atoms with Crippen molar-refractivity contribution >= 4 is 65.7 Å². The first-order valence-electron chi connectivity index (χ1n) is 17.2. The van der Waals surface area contributed by atoms with Gasteiger partial charge in [0.05, 0.1) is 27.8 Å². The Morgan fingerprint density at radius 2 is 0.941 bits per heavy atom. The van der Waals surface area contributed by atoms with Gasteiger partial charge in [0.25, 0.3) is 0 Å². The van der Waals surface area contributed by atoms with Crippen molar-refractivity contribution in [3.05, 3.63) is 170 Å². The van der Waals surface area contributed by atoms with Crippen LogP contribution in [0.3, 0.4) is 0 Å². The summed E-state index contributed by atoms with van der Waals surface area (Å²) in [5.41, 5.74) is 11.6. The van der Waals surface area contributed by atoms with E-state index in [2.05, 4.69) is 143 Å². The van der Waals surface area contributed by atoms with Gasteiger partial charge in [-0.3, -0.25) is 0 Å². The zero-order valence-corrected chi connectivity index (χ0v) is 27.4. The van der Waals surface area contributed by atoms with E-state index in [1.807, 2.05) is 36.4 Å². The highest BCUT2D eigenvalue weighted by Gasteiger charge is 2.25. The predicted octanol–water partition coefficient (Wildman–Crippen LogP) is 11.9. The van der Waals surface area contributed by atoms with Gasteiger partial charge in [-0.05, 0) is 36.4 Å². The molecule has 0 N–H and O–H groups in total. The first-order chi connectivity index (χ1) is 25.3. The number of aromatic nitrogens is 4. The van der Waals surface area contributed by atoms with Crippen LogP contribution in [-0.2, 0) is 0 Å². The normalized spacial score (nSPS) is 11.9. The van der Waals surface area contributed by atoms with Gasteiger partial charge in [0.1, 0.15) is 11.2 Å². The maximum absolute atomic E-state index is 7.01. The number of para-hydroxylation sites is 4. The standard InChI is InChI=1S/C46H28N4O/c1-4-15-29(16-5-1)40-45-41(48-46(47-40)30-17-6-2-7-18-30)36-23-14-26-39(44(36)51-45)50-38-25-13-11-22-33(38)35-28-27-34-32-21-10-12-24-37(32)49(42(34)43(35)50)31-19-8-3-9-20-31/h1-28H. The van der Waals surface area contributed by atoms with E-state index in [0.717, 1.165) is 61.2 Å². The van der Waals surface area contributed by atoms with E-state index >= 15 is 0 Å². The second kappa shape index (κ2) is 10.8. The maximum atomic E-state index is 7.01. The Morgan fingerprint density at radius 1 is 0.392 bits per heavy atom. The number of rotatable bonds is 4. The zero-order chi connectivity index (χ0) is 33.5. The molecule has 0 saturated heterocycles. The minimum Gasteiger partial charge on any atom is -0.450 e. The fraction of sp³-hybridized carbons (Fsp3) is 0. The van der Waals surface area contributed by atoms with Crippen LogP contribution in [0.4, 0.5) is 0 Å². The molecule has 0 aliphatic carbocycles. The van der Waals surface area contributed by atoms with Gasteiger partial charge in [0.15, 0.2) is 17.0 Å². The van der Waals surface area contributed by atoms with Crippen molar-refractivity contribution in [2.24, 2.45) is 0 Å². The number of fused-ring (bicyclic) bond motifs is 10. The molecule has 0 amide bonds. The summed E-state index contributed by atoms with van der Waals surface area (Å²) in [6, 6.07) is 59.4. The summed E-state index contributed by atoms with van der Waals surface area (Å²) in [5, 5.41) is 5.73. The van der Waals surface area contributed by atoms with Crippen molar-refractivity contribution in [3.63, 3.8) is 0 Å². The average Bonchev–Trinajstić information content (AvgIpc) is 3.86. The molecule has 0 saturated carbocycles. The molecule has 238 valence electrons. The summed E-state index contributed by atoms with van der Waals surface area (Å²) in [6.45, 7) is 0. The number of hydrogen-bond donors (Lipinski definition) is 0. The van der Waals surface area contributed by atoms with Crippen molar-refractivity contribution in [2.45, 2.75) is 0 Å². The number of hydrogen-bond acceptors (Lipinski definition) is 3. The molecule has 11 rings (SSSR count). The SMILES string of the molecule is c1ccc(-c2nc(-c3ccccc3)c3oc4c(-n5c6ccccc6c6ccc7c8ccccc8n(-c8ccccc8)c7c65)cccc4c3n2)cc1. The minimum absolute atomic E-state index is 0.668. The smallest absolute Gasteiger partial charge is 0.180 e. The molecule has 0 spiro atoms. The van der Waals surface area contributed by atoms with Gasteiger partial charge in [-0.1, -0.05) is 133 Å². The van der Waals surface area contributed by atoms with Crippen LogP contribution in [0.5, 0.6) is 0 Å². The molecule has 0 aliphatic heterocycles. The number of nitrogens with zero attached hydrogens (tertiary/aromatic N) is 4. The first-order valence-corrected chi connectivity index (χ1v) is 17.2. The summed E-state index contributed by atoms with van der Waals surface area (Å²) in [6.07, 6.45) is 0. The van der Waals surface area contributed by atoms with Gasteiger partial charge in [-0.25, -0.2) is 9.97 Å². The third-order valence-electron chi connectivity index (χ3n) is 10.1. The third kappa shape index (κ3) is 4.03. The minimum atomic E-state index is 0.668. The molecule has 0 aliphatic rings. The maximum Gasteiger partial charge on any atom is 0.180 e. The van der Waals surface area contributed by atoms with Gasteiger partial charge in [0, 0.05) is 43.7 Å². The first kappa shape index (κ1) is 27.9. The predicted molar refractivity (Wildman–Crippen MR) is 209 cm³/mol. The second-order valence-electron chi connectivity index (χ2n) is 13.0. The molecular weight excluding hydrogens is 625 g/mol. The van der Waals surface area contributed by atoms with Gasteiger partial charge in [-0.2, -0.15) is 0 Å². The third-order valence-corrected chi connectivity index (χ3v) is 10.1. The summed E-state index contributed by atoms with van der Waals surface area (Å²) < 4.78 is 11.8. The van der Waals surface area contributed by atoms with E-state index in [-0.39, 0.29) is 0 Å². The number of benzene rings is 7. The van der Waals surface area contributed by atoms with Crippen molar-refractivity contribution in [2.75, 3.05) is 0 Å². The van der Waals surface area contributed by atoms with E-state index in [0.29, 0.717) is 11.4 Å². The van der Waals surface area contributed by atoms with E-state index in [4.69, 9.17) is 14.4 Å². The molecule has 0 unspecified atom stereocenters. The molecule has 51 heavy (non-hydrogen) atoms. The lowest BCUT2D eigenvalue weighted by molar-refractivity contribution is 0.665.